The van der Waals surface area contributed by atoms with Gasteiger partial charge in [-0.25, -0.2) is 8.42 Å². The fraction of sp³-hybridized carbons (Fsp3) is 0.350. The zero-order valence-corrected chi connectivity index (χ0v) is 18.1. The molecule has 0 radical (unpaired) electrons. The number of anilines is 1. The topological polar surface area (TPSA) is 75.7 Å². The van der Waals surface area contributed by atoms with Crippen molar-refractivity contribution in [1.82, 2.24) is 4.90 Å². The predicted molar refractivity (Wildman–Crippen MR) is 112 cm³/mol. The molecule has 1 heterocycles. The van der Waals surface area contributed by atoms with E-state index in [1.54, 1.807) is 23.1 Å². The summed E-state index contributed by atoms with van der Waals surface area (Å²) in [6, 6.07) is 11.2. The van der Waals surface area contributed by atoms with Crippen LogP contribution >= 0.6 is 15.9 Å². The maximum absolute atomic E-state index is 13.0. The van der Waals surface area contributed by atoms with Gasteiger partial charge in [0, 0.05) is 23.2 Å². The van der Waals surface area contributed by atoms with Gasteiger partial charge in [0.2, 0.25) is 0 Å². The minimum absolute atomic E-state index is 0.0199. The first-order valence-corrected chi connectivity index (χ1v) is 11.4. The standard InChI is InChI=1S/C20H23BrN2O4S/c1-27-19-10-9-17(28(25,26)22-16-8-6-7-15(21)13-16)14-18(19)20(24)23-11-4-2-3-5-12-23/h6-10,13-14,22H,2-5,11-12H2,1H3. The lowest BCUT2D eigenvalue weighted by atomic mass is 10.1. The number of hydrogen-bond donors (Lipinski definition) is 1. The summed E-state index contributed by atoms with van der Waals surface area (Å²) in [4.78, 5) is 14.8. The highest BCUT2D eigenvalue weighted by Crippen LogP contribution is 2.27. The third kappa shape index (κ3) is 4.86. The van der Waals surface area contributed by atoms with E-state index in [1.165, 1.54) is 25.3 Å². The number of carbonyl (C=O) groups excluding carboxylic acids is 1. The molecule has 0 atom stereocenters. The number of halogens is 1. The lowest BCUT2D eigenvalue weighted by Gasteiger charge is -2.22. The molecule has 150 valence electrons. The first-order valence-electron chi connectivity index (χ1n) is 9.16. The summed E-state index contributed by atoms with van der Waals surface area (Å²) in [6.45, 7) is 1.35. The first-order chi connectivity index (χ1) is 13.4. The number of likely N-dealkylation sites (tertiary alicyclic amines) is 1. The quantitative estimate of drug-likeness (QED) is 0.713. The Bertz CT molecular complexity index is 954. The van der Waals surface area contributed by atoms with Crippen molar-refractivity contribution in [3.05, 3.63) is 52.5 Å². The number of nitrogens with one attached hydrogen (secondary N) is 1. The van der Waals surface area contributed by atoms with Crippen molar-refractivity contribution in [1.29, 1.82) is 0 Å². The van der Waals surface area contributed by atoms with Gasteiger partial charge < -0.3 is 9.64 Å². The van der Waals surface area contributed by atoms with Crippen molar-refractivity contribution in [2.75, 3.05) is 24.9 Å². The van der Waals surface area contributed by atoms with Crippen molar-refractivity contribution < 1.29 is 17.9 Å². The summed E-state index contributed by atoms with van der Waals surface area (Å²) in [5.41, 5.74) is 0.701. The van der Waals surface area contributed by atoms with Crippen molar-refractivity contribution in [3.63, 3.8) is 0 Å². The minimum Gasteiger partial charge on any atom is -0.496 e. The number of rotatable bonds is 5. The second-order valence-electron chi connectivity index (χ2n) is 6.68. The largest absolute Gasteiger partial charge is 0.496 e. The zero-order valence-electron chi connectivity index (χ0n) is 15.7. The number of benzene rings is 2. The highest BCUT2D eigenvalue weighted by atomic mass is 79.9. The van der Waals surface area contributed by atoms with Crippen LogP contribution in [0.1, 0.15) is 36.0 Å². The van der Waals surface area contributed by atoms with Crippen LogP contribution in [0.4, 0.5) is 5.69 Å². The van der Waals surface area contributed by atoms with Gasteiger partial charge in [0.25, 0.3) is 15.9 Å². The van der Waals surface area contributed by atoms with E-state index >= 15 is 0 Å². The molecule has 1 amide bonds. The van der Waals surface area contributed by atoms with Gasteiger partial charge in [0.1, 0.15) is 5.75 Å². The second-order valence-corrected chi connectivity index (χ2v) is 9.28. The third-order valence-electron chi connectivity index (χ3n) is 4.68. The van der Waals surface area contributed by atoms with Crippen LogP contribution in [0.2, 0.25) is 0 Å². The van der Waals surface area contributed by atoms with Crippen LogP contribution in [0.15, 0.2) is 51.8 Å². The van der Waals surface area contributed by atoms with E-state index in [9.17, 15) is 13.2 Å². The van der Waals surface area contributed by atoms with E-state index in [1.807, 2.05) is 6.07 Å². The summed E-state index contributed by atoms with van der Waals surface area (Å²) in [7, 11) is -2.37. The number of hydrogen-bond acceptors (Lipinski definition) is 4. The Kier molecular flexibility index (Phi) is 6.61. The van der Waals surface area contributed by atoms with Gasteiger partial charge in [-0.15, -0.1) is 0 Å². The molecule has 6 nitrogen and oxygen atoms in total. The molecule has 1 fully saturated rings. The smallest absolute Gasteiger partial charge is 0.261 e. The summed E-state index contributed by atoms with van der Waals surface area (Å²) < 4.78 is 34.3. The van der Waals surface area contributed by atoms with Gasteiger partial charge in [-0.2, -0.15) is 0 Å². The summed E-state index contributed by atoms with van der Waals surface area (Å²) in [6.07, 6.45) is 4.12. The van der Waals surface area contributed by atoms with E-state index in [-0.39, 0.29) is 16.4 Å². The molecule has 1 N–H and O–H groups in total. The maximum atomic E-state index is 13.0. The molecule has 1 aliphatic heterocycles. The molecule has 3 rings (SSSR count). The lowest BCUT2D eigenvalue weighted by molar-refractivity contribution is 0.0758. The summed E-state index contributed by atoms with van der Waals surface area (Å²) in [5, 5.41) is 0. The molecule has 0 unspecified atom stereocenters. The molecular weight excluding hydrogens is 444 g/mol. The van der Waals surface area contributed by atoms with Gasteiger partial charge in [0.15, 0.2) is 0 Å². The molecule has 8 heteroatoms. The van der Waals surface area contributed by atoms with Gasteiger partial charge in [-0.1, -0.05) is 34.8 Å². The summed E-state index contributed by atoms with van der Waals surface area (Å²) >= 11 is 3.32. The summed E-state index contributed by atoms with van der Waals surface area (Å²) in [5.74, 6) is 0.175. The predicted octanol–water partition coefficient (Wildman–Crippen LogP) is 4.27. The van der Waals surface area contributed by atoms with Crippen LogP contribution in [0.3, 0.4) is 0 Å². The average molecular weight is 467 g/mol. The molecule has 1 saturated heterocycles. The highest BCUT2D eigenvalue weighted by Gasteiger charge is 2.24. The van der Waals surface area contributed by atoms with E-state index in [0.29, 0.717) is 24.5 Å². The van der Waals surface area contributed by atoms with Gasteiger partial charge in [-0.3, -0.25) is 9.52 Å². The third-order valence-corrected chi connectivity index (χ3v) is 6.55. The Balaban J connectivity index is 1.92. The van der Waals surface area contributed by atoms with Crippen LogP contribution in [0.5, 0.6) is 5.75 Å². The molecule has 2 aromatic carbocycles. The fourth-order valence-electron chi connectivity index (χ4n) is 3.23. The Morgan fingerprint density at radius 3 is 2.43 bits per heavy atom. The highest BCUT2D eigenvalue weighted by molar-refractivity contribution is 9.10. The Labute approximate surface area is 174 Å². The lowest BCUT2D eigenvalue weighted by Crippen LogP contribution is -2.32. The normalized spacial score (nSPS) is 15.0. The number of nitrogens with zero attached hydrogens (tertiary/aromatic N) is 1. The van der Waals surface area contributed by atoms with Crippen LogP contribution in [0, 0.1) is 0 Å². The van der Waals surface area contributed by atoms with Crippen LogP contribution < -0.4 is 9.46 Å². The molecule has 0 saturated carbocycles. The number of ether oxygens (including phenoxy) is 1. The number of sulfonamides is 1. The number of amides is 1. The first kappa shape index (κ1) is 20.7. The second kappa shape index (κ2) is 8.96. The van der Waals surface area contributed by atoms with Crippen LogP contribution in [0.25, 0.3) is 0 Å². The van der Waals surface area contributed by atoms with E-state index in [0.717, 1.165) is 30.2 Å². The SMILES string of the molecule is COc1ccc(S(=O)(=O)Nc2cccc(Br)c2)cc1C(=O)N1CCCCCC1. The van der Waals surface area contributed by atoms with Gasteiger partial charge in [-0.05, 0) is 49.2 Å². The number of carbonyl (C=O) groups is 1. The molecule has 1 aliphatic rings. The molecular formula is C20H23BrN2O4S. The Morgan fingerprint density at radius 2 is 1.79 bits per heavy atom. The number of methoxy groups -OCH3 is 1. The van der Waals surface area contributed by atoms with Crippen LogP contribution in [-0.4, -0.2) is 39.4 Å². The van der Waals surface area contributed by atoms with E-state index < -0.39 is 10.0 Å². The zero-order chi connectivity index (χ0) is 20.1. The van der Waals surface area contributed by atoms with E-state index in [4.69, 9.17) is 4.74 Å². The monoisotopic (exact) mass is 466 g/mol. The average Bonchev–Trinajstić information content (AvgIpc) is 2.96. The Hall–Kier alpha value is -2.06. The molecule has 0 spiro atoms. The molecule has 0 bridgehead atoms. The Morgan fingerprint density at radius 1 is 1.07 bits per heavy atom. The molecule has 0 aliphatic carbocycles. The maximum Gasteiger partial charge on any atom is 0.261 e. The van der Waals surface area contributed by atoms with Gasteiger partial charge in [0.05, 0.1) is 17.6 Å². The minimum atomic E-state index is -3.85. The molecule has 0 aromatic heterocycles. The van der Waals surface area contributed by atoms with E-state index in [2.05, 4.69) is 20.7 Å². The van der Waals surface area contributed by atoms with Crippen molar-refractivity contribution in [2.24, 2.45) is 0 Å². The molecule has 2 aromatic rings. The van der Waals surface area contributed by atoms with Crippen molar-refractivity contribution in [3.8, 4) is 5.75 Å². The fourth-order valence-corrected chi connectivity index (χ4v) is 4.71. The van der Waals surface area contributed by atoms with Gasteiger partial charge >= 0.3 is 0 Å². The van der Waals surface area contributed by atoms with Crippen molar-refractivity contribution >= 4 is 37.5 Å². The molecule has 28 heavy (non-hydrogen) atoms. The van der Waals surface area contributed by atoms with Crippen molar-refractivity contribution in [2.45, 2.75) is 30.6 Å². The van der Waals surface area contributed by atoms with Crippen LogP contribution in [-0.2, 0) is 10.0 Å².